The Kier molecular flexibility index (Phi) is 4.50. The van der Waals surface area contributed by atoms with Crippen molar-refractivity contribution >= 4 is 5.91 Å². The third-order valence-corrected chi connectivity index (χ3v) is 5.13. The molecule has 0 N–H and O–H groups in total. The van der Waals surface area contributed by atoms with E-state index in [4.69, 9.17) is 9.26 Å². The fraction of sp³-hybridized carbons (Fsp3) is 0.500. The number of carbonyl (C=O) groups is 1. The molecule has 2 aliphatic rings. The maximum atomic E-state index is 12.8. The predicted molar refractivity (Wildman–Crippen MR) is 89.8 cm³/mol. The summed E-state index contributed by atoms with van der Waals surface area (Å²) in [6.07, 6.45) is 7.12. The number of likely N-dealkylation sites (tertiary alicyclic amines) is 1. The summed E-state index contributed by atoms with van der Waals surface area (Å²) in [5.74, 6) is 0.190. The molecule has 0 radical (unpaired) electrons. The first kappa shape index (κ1) is 16.2. The molecule has 0 spiro atoms. The van der Waals surface area contributed by atoms with Crippen molar-refractivity contribution in [2.24, 2.45) is 0 Å². The van der Waals surface area contributed by atoms with Gasteiger partial charge < -0.3 is 14.2 Å². The van der Waals surface area contributed by atoms with Crippen molar-refractivity contribution in [1.82, 2.24) is 19.9 Å². The van der Waals surface area contributed by atoms with Crippen molar-refractivity contribution in [2.75, 3.05) is 20.2 Å². The molecule has 25 heavy (non-hydrogen) atoms. The van der Waals surface area contributed by atoms with Gasteiger partial charge in [-0.25, -0.2) is 0 Å². The van der Waals surface area contributed by atoms with Gasteiger partial charge in [-0.1, -0.05) is 11.2 Å². The molecule has 4 rings (SSSR count). The van der Waals surface area contributed by atoms with Crippen LogP contribution in [0.1, 0.15) is 29.0 Å². The third kappa shape index (κ3) is 3.17. The lowest BCUT2D eigenvalue weighted by atomic mass is 10.00. The second-order valence-electron chi connectivity index (χ2n) is 6.72. The van der Waals surface area contributed by atoms with Crippen molar-refractivity contribution in [2.45, 2.75) is 37.6 Å². The number of hydrogen-bond donors (Lipinski definition) is 0. The summed E-state index contributed by atoms with van der Waals surface area (Å²) >= 11 is 0. The van der Waals surface area contributed by atoms with E-state index in [-0.39, 0.29) is 24.1 Å². The highest BCUT2D eigenvalue weighted by molar-refractivity contribution is 5.91. The van der Waals surface area contributed by atoms with E-state index in [0.29, 0.717) is 12.3 Å². The van der Waals surface area contributed by atoms with Crippen molar-refractivity contribution in [3.05, 3.63) is 48.1 Å². The molecule has 0 unspecified atom stereocenters. The van der Waals surface area contributed by atoms with Gasteiger partial charge in [-0.3, -0.25) is 14.7 Å². The Morgan fingerprint density at radius 3 is 3.08 bits per heavy atom. The summed E-state index contributed by atoms with van der Waals surface area (Å²) in [6, 6.07) is 5.87. The zero-order valence-corrected chi connectivity index (χ0v) is 14.2. The van der Waals surface area contributed by atoms with Gasteiger partial charge in [0.2, 0.25) is 5.76 Å². The molecular weight excluding hydrogens is 320 g/mol. The number of hydrogen-bond acceptors (Lipinski definition) is 6. The monoisotopic (exact) mass is 342 g/mol. The summed E-state index contributed by atoms with van der Waals surface area (Å²) < 4.78 is 11.1. The molecule has 0 bridgehead atoms. The number of amides is 1. The van der Waals surface area contributed by atoms with Gasteiger partial charge in [0.05, 0.1) is 24.4 Å². The van der Waals surface area contributed by atoms with Crippen LogP contribution in [-0.4, -0.2) is 64.2 Å². The van der Waals surface area contributed by atoms with Gasteiger partial charge in [-0.15, -0.1) is 0 Å². The van der Waals surface area contributed by atoms with Crippen LogP contribution in [0.2, 0.25) is 0 Å². The number of rotatable bonds is 4. The Hall–Kier alpha value is -2.25. The molecule has 2 aromatic rings. The van der Waals surface area contributed by atoms with Crippen LogP contribution >= 0.6 is 0 Å². The summed E-state index contributed by atoms with van der Waals surface area (Å²) in [4.78, 5) is 21.1. The summed E-state index contributed by atoms with van der Waals surface area (Å²) in [5, 5.41) is 3.66. The van der Waals surface area contributed by atoms with Gasteiger partial charge in [0.15, 0.2) is 0 Å². The summed E-state index contributed by atoms with van der Waals surface area (Å²) in [6.45, 7) is 2.16. The zero-order valence-electron chi connectivity index (χ0n) is 14.2. The molecule has 2 aliphatic heterocycles. The van der Waals surface area contributed by atoms with Crippen molar-refractivity contribution in [3.8, 4) is 0 Å². The summed E-state index contributed by atoms with van der Waals surface area (Å²) in [5.41, 5.74) is 1.15. The second-order valence-corrected chi connectivity index (χ2v) is 6.72. The topological polar surface area (TPSA) is 71.7 Å². The molecule has 0 saturated carbocycles. The van der Waals surface area contributed by atoms with Crippen molar-refractivity contribution in [3.63, 3.8) is 0 Å². The van der Waals surface area contributed by atoms with Crippen LogP contribution in [0.5, 0.6) is 0 Å². The van der Waals surface area contributed by atoms with Crippen LogP contribution in [0.25, 0.3) is 0 Å². The van der Waals surface area contributed by atoms with E-state index < -0.39 is 0 Å². The van der Waals surface area contributed by atoms with Crippen LogP contribution in [0, 0.1) is 0 Å². The molecular formula is C18H22N4O3. The fourth-order valence-corrected chi connectivity index (χ4v) is 3.92. The average Bonchev–Trinajstić information content (AvgIpc) is 3.30. The Balaban J connectivity index is 1.53. The van der Waals surface area contributed by atoms with Crippen LogP contribution < -0.4 is 0 Å². The van der Waals surface area contributed by atoms with Crippen LogP contribution in [0.4, 0.5) is 0 Å². The Bertz CT molecular complexity index is 706. The first-order valence-corrected chi connectivity index (χ1v) is 8.66. The van der Waals surface area contributed by atoms with Crippen LogP contribution in [0.15, 0.2) is 41.3 Å². The van der Waals surface area contributed by atoms with E-state index in [9.17, 15) is 4.79 Å². The van der Waals surface area contributed by atoms with Gasteiger partial charge >= 0.3 is 0 Å². The van der Waals surface area contributed by atoms with Gasteiger partial charge in [0, 0.05) is 38.2 Å². The number of fused-ring (bicyclic) bond motifs is 1. The first-order valence-electron chi connectivity index (χ1n) is 8.66. The van der Waals surface area contributed by atoms with E-state index in [1.54, 1.807) is 12.3 Å². The fourth-order valence-electron chi connectivity index (χ4n) is 3.92. The Labute approximate surface area is 146 Å². The maximum Gasteiger partial charge on any atom is 0.292 e. The number of pyridine rings is 1. The van der Waals surface area contributed by atoms with Gasteiger partial charge in [0.1, 0.15) is 0 Å². The number of likely N-dealkylation sites (N-methyl/N-ethyl adjacent to an activating group) is 1. The molecule has 0 aliphatic carbocycles. The standard InChI is InChI=1S/C18H22N4O3/c1-21(11-13-4-2-7-19-10-13)15-12-22(14-5-3-9-24-17(14)15)18(23)16-6-8-20-25-16/h2,4,6-8,10,14-15,17H,3,5,9,11-12H2,1H3/t14-,15-,17+/m1/s1. The Morgan fingerprint density at radius 1 is 1.40 bits per heavy atom. The van der Waals surface area contributed by atoms with Crippen LogP contribution in [0.3, 0.4) is 0 Å². The molecule has 2 saturated heterocycles. The highest BCUT2D eigenvalue weighted by Gasteiger charge is 2.48. The lowest BCUT2D eigenvalue weighted by molar-refractivity contribution is -0.0359. The molecule has 4 heterocycles. The van der Waals surface area contributed by atoms with Gasteiger partial charge in [-0.05, 0) is 31.5 Å². The number of aromatic nitrogens is 2. The van der Waals surface area contributed by atoms with E-state index >= 15 is 0 Å². The highest BCUT2D eigenvalue weighted by atomic mass is 16.5. The van der Waals surface area contributed by atoms with Crippen LogP contribution in [-0.2, 0) is 11.3 Å². The molecule has 2 aromatic heterocycles. The lowest BCUT2D eigenvalue weighted by Gasteiger charge is -2.34. The minimum absolute atomic E-state index is 0.0299. The molecule has 3 atom stereocenters. The highest BCUT2D eigenvalue weighted by Crippen LogP contribution is 2.32. The predicted octanol–water partition coefficient (Wildman–Crippen LogP) is 1.57. The molecule has 0 aromatic carbocycles. The lowest BCUT2D eigenvalue weighted by Crippen LogP contribution is -2.46. The second kappa shape index (κ2) is 6.93. The van der Waals surface area contributed by atoms with E-state index in [2.05, 4.69) is 28.2 Å². The van der Waals surface area contributed by atoms with E-state index in [1.807, 2.05) is 17.2 Å². The molecule has 2 fully saturated rings. The number of ether oxygens (including phenoxy) is 1. The smallest absolute Gasteiger partial charge is 0.292 e. The minimum atomic E-state index is -0.102. The van der Waals surface area contributed by atoms with Crippen molar-refractivity contribution in [1.29, 1.82) is 0 Å². The molecule has 1 amide bonds. The SMILES string of the molecule is CN(Cc1cccnc1)[C@@H]1CN(C(=O)c2ccno2)[C@@H]2CCCO[C@H]12. The molecule has 132 valence electrons. The van der Waals surface area contributed by atoms with E-state index in [0.717, 1.165) is 31.6 Å². The quantitative estimate of drug-likeness (QED) is 0.840. The van der Waals surface area contributed by atoms with Crippen molar-refractivity contribution < 1.29 is 14.1 Å². The summed E-state index contributed by atoms with van der Waals surface area (Å²) in [7, 11) is 2.08. The third-order valence-electron chi connectivity index (χ3n) is 5.13. The van der Waals surface area contributed by atoms with Gasteiger partial charge in [0.25, 0.3) is 5.91 Å². The average molecular weight is 342 g/mol. The minimum Gasteiger partial charge on any atom is -0.374 e. The molecule has 7 heteroatoms. The maximum absolute atomic E-state index is 12.8. The normalized spacial score (nSPS) is 26.0. The first-order chi connectivity index (χ1) is 12.2. The number of carbonyl (C=O) groups excluding carboxylic acids is 1. The van der Waals surface area contributed by atoms with E-state index in [1.165, 1.54) is 6.20 Å². The molecule has 7 nitrogen and oxygen atoms in total. The zero-order chi connectivity index (χ0) is 17.2. The largest absolute Gasteiger partial charge is 0.374 e. The Morgan fingerprint density at radius 2 is 2.32 bits per heavy atom. The number of nitrogens with zero attached hydrogens (tertiary/aromatic N) is 4. The van der Waals surface area contributed by atoms with Gasteiger partial charge in [-0.2, -0.15) is 0 Å².